The van der Waals surface area contributed by atoms with Gasteiger partial charge in [-0.25, -0.2) is 8.42 Å². The third-order valence-corrected chi connectivity index (χ3v) is 6.47. The van der Waals surface area contributed by atoms with Crippen LogP contribution in [0, 0.1) is 10.1 Å². The monoisotopic (exact) mass is 486 g/mol. The van der Waals surface area contributed by atoms with Gasteiger partial charge in [-0.3, -0.25) is 15.5 Å². The van der Waals surface area contributed by atoms with Crippen LogP contribution in [0.25, 0.3) is 0 Å². The third kappa shape index (κ3) is 5.91. The van der Waals surface area contributed by atoms with Crippen molar-refractivity contribution in [2.24, 2.45) is 5.10 Å². The van der Waals surface area contributed by atoms with Crippen LogP contribution in [0.2, 0.25) is 0 Å². The number of nitro groups is 1. The number of hydrogen-bond donors (Lipinski definition) is 1. The van der Waals surface area contributed by atoms with Gasteiger partial charge >= 0.3 is 6.61 Å². The van der Waals surface area contributed by atoms with Gasteiger partial charge in [-0.05, 0) is 35.9 Å². The van der Waals surface area contributed by atoms with Crippen molar-refractivity contribution < 1.29 is 36.3 Å². The summed E-state index contributed by atoms with van der Waals surface area (Å²) in [5.74, 6) is -0.117. The van der Waals surface area contributed by atoms with Gasteiger partial charge < -0.3 is 14.2 Å². The summed E-state index contributed by atoms with van der Waals surface area (Å²) in [6.45, 7) is -2.21. The minimum absolute atomic E-state index is 0.0400. The molecule has 0 amide bonds. The molecule has 178 valence electrons. The van der Waals surface area contributed by atoms with E-state index in [2.05, 4.69) is 15.3 Å². The number of nitro benzene ring substituents is 1. The molecule has 14 heteroatoms. The lowest BCUT2D eigenvalue weighted by Crippen LogP contribution is -2.40. The molecule has 0 radical (unpaired) electrons. The minimum atomic E-state index is -3.92. The number of halogens is 2. The molecule has 2 aromatic rings. The van der Waals surface area contributed by atoms with Crippen molar-refractivity contribution in [2.75, 3.05) is 38.8 Å². The number of ether oxygens (including phenoxy) is 3. The Balaban J connectivity index is 1.80. The first kappa shape index (κ1) is 24.3. The highest BCUT2D eigenvalue weighted by atomic mass is 32.2. The highest BCUT2D eigenvalue weighted by molar-refractivity contribution is 7.89. The number of rotatable bonds is 9. The molecule has 11 nitrogen and oxygen atoms in total. The molecule has 1 N–H and O–H groups in total. The molecule has 1 fully saturated rings. The van der Waals surface area contributed by atoms with Crippen molar-refractivity contribution in [3.63, 3.8) is 0 Å². The second-order valence-electron chi connectivity index (χ2n) is 6.61. The minimum Gasteiger partial charge on any atom is -0.493 e. The van der Waals surface area contributed by atoms with Gasteiger partial charge in [0, 0.05) is 19.2 Å². The van der Waals surface area contributed by atoms with Gasteiger partial charge in [0.05, 0.1) is 36.4 Å². The molecule has 1 heterocycles. The fraction of sp³-hybridized carbons (Fsp3) is 0.316. The molecule has 1 aliphatic rings. The van der Waals surface area contributed by atoms with E-state index in [1.54, 1.807) is 0 Å². The van der Waals surface area contributed by atoms with Crippen LogP contribution >= 0.6 is 0 Å². The van der Waals surface area contributed by atoms with E-state index < -0.39 is 27.2 Å². The number of hydrazone groups is 1. The molecule has 0 bridgehead atoms. The first-order valence-corrected chi connectivity index (χ1v) is 10.9. The molecule has 0 unspecified atom stereocenters. The van der Waals surface area contributed by atoms with Crippen LogP contribution < -0.4 is 14.9 Å². The fourth-order valence-corrected chi connectivity index (χ4v) is 4.42. The Morgan fingerprint density at radius 2 is 1.94 bits per heavy atom. The van der Waals surface area contributed by atoms with E-state index >= 15 is 0 Å². The van der Waals surface area contributed by atoms with Crippen molar-refractivity contribution in [1.82, 2.24) is 4.31 Å². The van der Waals surface area contributed by atoms with Gasteiger partial charge in [0.2, 0.25) is 10.0 Å². The van der Waals surface area contributed by atoms with E-state index in [0.29, 0.717) is 5.56 Å². The number of methoxy groups -OCH3 is 1. The summed E-state index contributed by atoms with van der Waals surface area (Å²) in [5.41, 5.74) is 2.39. The van der Waals surface area contributed by atoms with Crippen molar-refractivity contribution in [2.45, 2.75) is 11.5 Å². The molecular weight excluding hydrogens is 466 g/mol. The molecule has 2 aromatic carbocycles. The maximum Gasteiger partial charge on any atom is 0.387 e. The summed E-state index contributed by atoms with van der Waals surface area (Å²) < 4.78 is 66.0. The van der Waals surface area contributed by atoms with E-state index in [9.17, 15) is 27.3 Å². The normalized spacial score (nSPS) is 15.0. The molecule has 0 atom stereocenters. The maximum atomic E-state index is 12.8. The second kappa shape index (κ2) is 10.5. The van der Waals surface area contributed by atoms with Crippen LogP contribution in [0.3, 0.4) is 0 Å². The van der Waals surface area contributed by atoms with Gasteiger partial charge in [-0.1, -0.05) is 0 Å². The van der Waals surface area contributed by atoms with Crippen molar-refractivity contribution in [3.05, 3.63) is 52.1 Å². The largest absolute Gasteiger partial charge is 0.493 e. The molecule has 1 aliphatic heterocycles. The van der Waals surface area contributed by atoms with Crippen molar-refractivity contribution >= 4 is 27.6 Å². The van der Waals surface area contributed by atoms with E-state index in [0.717, 1.165) is 6.07 Å². The lowest BCUT2D eigenvalue weighted by molar-refractivity contribution is -0.384. The number of sulfonamides is 1. The molecule has 33 heavy (non-hydrogen) atoms. The number of nitrogens with one attached hydrogen (secondary N) is 1. The number of hydrogen-bond acceptors (Lipinski definition) is 9. The summed E-state index contributed by atoms with van der Waals surface area (Å²) in [5, 5.41) is 15.4. The first-order chi connectivity index (χ1) is 15.7. The smallest absolute Gasteiger partial charge is 0.387 e. The van der Waals surface area contributed by atoms with Gasteiger partial charge in [0.1, 0.15) is 5.69 Å². The predicted molar refractivity (Wildman–Crippen MR) is 114 cm³/mol. The quantitative estimate of drug-likeness (QED) is 0.325. The van der Waals surface area contributed by atoms with Crippen molar-refractivity contribution in [1.29, 1.82) is 0 Å². The number of benzene rings is 2. The molecular formula is C19H20F2N4O7S. The lowest BCUT2D eigenvalue weighted by atomic mass is 10.2. The standard InChI is InChI=1S/C19H20F2N4O7S/c1-30-18-10-13(2-5-17(18)32-19(20)21)12-22-23-15-4-3-14(11-16(15)25(26)27)33(28,29)24-6-8-31-9-7-24/h2-5,10-12,19,23H,6-9H2,1H3/b22-12+. The van der Waals surface area contributed by atoms with Gasteiger partial charge in [0.15, 0.2) is 11.5 Å². The van der Waals surface area contributed by atoms with E-state index in [1.807, 2.05) is 0 Å². The topological polar surface area (TPSA) is 133 Å². The van der Waals surface area contributed by atoms with Crippen LogP contribution in [0.1, 0.15) is 5.56 Å². The summed E-state index contributed by atoms with van der Waals surface area (Å²) in [7, 11) is -2.63. The Kier molecular flexibility index (Phi) is 7.73. The Bertz CT molecular complexity index is 1140. The summed E-state index contributed by atoms with van der Waals surface area (Å²) in [4.78, 5) is 10.6. The SMILES string of the molecule is COc1cc(/C=N/Nc2ccc(S(=O)(=O)N3CCOCC3)cc2[N+](=O)[O-])ccc1OC(F)F. The third-order valence-electron chi connectivity index (χ3n) is 4.58. The molecule has 0 aromatic heterocycles. The Labute approximate surface area is 187 Å². The van der Waals surface area contributed by atoms with E-state index in [4.69, 9.17) is 9.47 Å². The molecule has 0 saturated carbocycles. The average molecular weight is 486 g/mol. The summed E-state index contributed by atoms with van der Waals surface area (Å²) >= 11 is 0. The van der Waals surface area contributed by atoms with Gasteiger partial charge in [-0.15, -0.1) is 0 Å². The maximum absolute atomic E-state index is 12.8. The average Bonchev–Trinajstić information content (AvgIpc) is 2.80. The first-order valence-electron chi connectivity index (χ1n) is 9.50. The van der Waals surface area contributed by atoms with Crippen LogP contribution in [0.15, 0.2) is 46.4 Å². The summed E-state index contributed by atoms with van der Waals surface area (Å²) in [6, 6.07) is 7.52. The Morgan fingerprint density at radius 3 is 2.58 bits per heavy atom. The zero-order valence-corrected chi connectivity index (χ0v) is 18.1. The highest BCUT2D eigenvalue weighted by Gasteiger charge is 2.28. The van der Waals surface area contributed by atoms with Crippen LogP contribution in [0.4, 0.5) is 20.2 Å². The summed E-state index contributed by atoms with van der Waals surface area (Å²) in [6.07, 6.45) is 1.27. The van der Waals surface area contributed by atoms with Crippen molar-refractivity contribution in [3.8, 4) is 11.5 Å². The van der Waals surface area contributed by atoms with Gasteiger partial charge in [0.25, 0.3) is 5.69 Å². The second-order valence-corrected chi connectivity index (χ2v) is 8.55. The van der Waals surface area contributed by atoms with Gasteiger partial charge in [-0.2, -0.15) is 18.2 Å². The highest BCUT2D eigenvalue weighted by Crippen LogP contribution is 2.30. The Morgan fingerprint density at radius 1 is 1.21 bits per heavy atom. The molecule has 1 saturated heterocycles. The fourth-order valence-electron chi connectivity index (χ4n) is 2.99. The van der Waals surface area contributed by atoms with E-state index in [1.165, 1.54) is 48.0 Å². The van der Waals surface area contributed by atoms with Crippen LogP contribution in [0.5, 0.6) is 11.5 Å². The molecule has 0 aliphatic carbocycles. The molecule has 0 spiro atoms. The number of anilines is 1. The lowest BCUT2D eigenvalue weighted by Gasteiger charge is -2.26. The van der Waals surface area contributed by atoms with Crippen LogP contribution in [-0.2, 0) is 14.8 Å². The zero-order chi connectivity index (χ0) is 24.0. The van der Waals surface area contributed by atoms with Crippen LogP contribution in [-0.4, -0.2) is 63.9 Å². The number of nitrogens with zero attached hydrogens (tertiary/aromatic N) is 3. The zero-order valence-electron chi connectivity index (χ0n) is 17.3. The van der Waals surface area contributed by atoms with E-state index in [-0.39, 0.29) is 48.4 Å². The molecule has 3 rings (SSSR count). The Hall–Kier alpha value is -3.36. The number of alkyl halides is 2. The predicted octanol–water partition coefficient (Wildman–Crippen LogP) is 2.67. The number of morpholine rings is 1.